The molecule has 1 aromatic rings. The first-order valence-corrected chi connectivity index (χ1v) is 7.73. The van der Waals surface area contributed by atoms with Crippen LogP contribution in [0.25, 0.3) is 0 Å². The molecule has 0 bridgehead atoms. The topological polar surface area (TPSA) is 83.7 Å². The van der Waals surface area contributed by atoms with Crippen molar-refractivity contribution in [3.05, 3.63) is 17.8 Å². The summed E-state index contributed by atoms with van der Waals surface area (Å²) in [6, 6.07) is 3.71. The van der Waals surface area contributed by atoms with Crippen molar-refractivity contribution in [1.82, 2.24) is 14.8 Å². The van der Waals surface area contributed by atoms with Crippen LogP contribution in [0.5, 0.6) is 5.88 Å². The van der Waals surface area contributed by atoms with E-state index in [2.05, 4.69) is 27.1 Å². The Balaban J connectivity index is 1.52. The van der Waals surface area contributed by atoms with E-state index in [1.165, 1.54) is 0 Å². The number of pyridine rings is 1. The second-order valence-corrected chi connectivity index (χ2v) is 6.00. The standard InChI is InChI=1S/C15H23N5O2/c1-19-6-8-20(9-7-19)5-4-11-10-22-15-13(17-11)3-2-12(18-15)14(16)21/h2-3,11,17H,4-10H2,1H3,(H2,16,21). The fraction of sp³-hybridized carbons (Fsp3) is 0.600. The zero-order chi connectivity index (χ0) is 15.5. The van der Waals surface area contributed by atoms with Gasteiger partial charge >= 0.3 is 0 Å². The molecule has 1 saturated heterocycles. The number of ether oxygens (including phenoxy) is 1. The summed E-state index contributed by atoms with van der Waals surface area (Å²) in [5, 5.41) is 3.43. The molecule has 1 fully saturated rings. The monoisotopic (exact) mass is 305 g/mol. The van der Waals surface area contributed by atoms with Gasteiger partial charge in [0.2, 0.25) is 5.88 Å². The third-order valence-corrected chi connectivity index (χ3v) is 4.28. The van der Waals surface area contributed by atoms with Crippen LogP contribution in [-0.2, 0) is 0 Å². The van der Waals surface area contributed by atoms with Crippen LogP contribution in [-0.4, -0.2) is 73.1 Å². The van der Waals surface area contributed by atoms with E-state index in [-0.39, 0.29) is 11.7 Å². The van der Waals surface area contributed by atoms with Crippen molar-refractivity contribution in [3.8, 4) is 5.88 Å². The van der Waals surface area contributed by atoms with Gasteiger partial charge in [0.15, 0.2) is 0 Å². The van der Waals surface area contributed by atoms with E-state index in [1.54, 1.807) is 6.07 Å². The number of nitrogens with two attached hydrogens (primary N) is 1. The van der Waals surface area contributed by atoms with Gasteiger partial charge in [0.25, 0.3) is 5.91 Å². The Kier molecular flexibility index (Phi) is 4.44. The fourth-order valence-corrected chi connectivity index (χ4v) is 2.80. The number of carbonyl (C=O) groups is 1. The number of hydrogen-bond acceptors (Lipinski definition) is 6. The molecule has 1 unspecified atom stereocenters. The molecule has 3 heterocycles. The third-order valence-electron chi connectivity index (χ3n) is 4.28. The Bertz CT molecular complexity index is 543. The molecule has 22 heavy (non-hydrogen) atoms. The average molecular weight is 305 g/mol. The van der Waals surface area contributed by atoms with Crippen molar-refractivity contribution in [2.45, 2.75) is 12.5 Å². The van der Waals surface area contributed by atoms with Gasteiger partial charge in [-0.3, -0.25) is 4.79 Å². The number of primary amides is 1. The molecule has 2 aliphatic heterocycles. The van der Waals surface area contributed by atoms with Gasteiger partial charge in [-0.25, -0.2) is 4.98 Å². The summed E-state index contributed by atoms with van der Waals surface area (Å²) in [6.45, 7) is 6.16. The van der Waals surface area contributed by atoms with Gasteiger partial charge in [-0.2, -0.15) is 0 Å². The summed E-state index contributed by atoms with van der Waals surface area (Å²) in [5.74, 6) is -0.0734. The van der Waals surface area contributed by atoms with Crippen LogP contribution in [0.3, 0.4) is 0 Å². The molecule has 7 nitrogen and oxygen atoms in total. The van der Waals surface area contributed by atoms with Crippen molar-refractivity contribution in [1.29, 1.82) is 0 Å². The highest BCUT2D eigenvalue weighted by Crippen LogP contribution is 2.27. The summed E-state index contributed by atoms with van der Waals surface area (Å²) in [7, 11) is 2.16. The number of hydrogen-bond donors (Lipinski definition) is 2. The number of nitrogens with one attached hydrogen (secondary N) is 1. The van der Waals surface area contributed by atoms with Crippen LogP contribution >= 0.6 is 0 Å². The van der Waals surface area contributed by atoms with Gasteiger partial charge in [-0.05, 0) is 25.6 Å². The van der Waals surface area contributed by atoms with Crippen LogP contribution in [0.1, 0.15) is 16.9 Å². The Morgan fingerprint density at radius 3 is 2.91 bits per heavy atom. The highest BCUT2D eigenvalue weighted by Gasteiger charge is 2.22. The number of nitrogens with zero attached hydrogens (tertiary/aromatic N) is 3. The first-order chi connectivity index (χ1) is 10.6. The fourth-order valence-electron chi connectivity index (χ4n) is 2.80. The van der Waals surface area contributed by atoms with E-state index in [4.69, 9.17) is 10.5 Å². The van der Waals surface area contributed by atoms with Crippen molar-refractivity contribution < 1.29 is 9.53 Å². The van der Waals surface area contributed by atoms with Crippen LogP contribution in [0.15, 0.2) is 12.1 Å². The van der Waals surface area contributed by atoms with Gasteiger partial charge in [0, 0.05) is 32.7 Å². The van der Waals surface area contributed by atoms with Gasteiger partial charge in [0.05, 0.1) is 11.7 Å². The van der Waals surface area contributed by atoms with Crippen LogP contribution in [0.2, 0.25) is 0 Å². The molecule has 0 aliphatic carbocycles. The molecular formula is C15H23N5O2. The maximum atomic E-state index is 11.1. The summed E-state index contributed by atoms with van der Waals surface area (Å²) in [4.78, 5) is 20.1. The second-order valence-electron chi connectivity index (χ2n) is 6.00. The van der Waals surface area contributed by atoms with E-state index in [0.717, 1.165) is 44.8 Å². The van der Waals surface area contributed by atoms with Gasteiger partial charge in [0.1, 0.15) is 12.3 Å². The number of anilines is 1. The summed E-state index contributed by atoms with van der Waals surface area (Å²) >= 11 is 0. The quantitative estimate of drug-likeness (QED) is 0.814. The lowest BCUT2D eigenvalue weighted by molar-refractivity contribution is 0.0994. The molecular weight excluding hydrogens is 282 g/mol. The normalized spacial score (nSPS) is 22.5. The predicted octanol–water partition coefficient (Wildman–Crippen LogP) is -0.00910. The first-order valence-electron chi connectivity index (χ1n) is 7.73. The molecule has 120 valence electrons. The minimum Gasteiger partial charge on any atom is -0.474 e. The molecule has 2 aliphatic rings. The molecule has 7 heteroatoms. The molecule has 0 saturated carbocycles. The molecule has 3 N–H and O–H groups in total. The number of likely N-dealkylation sites (N-methyl/N-ethyl adjacent to an activating group) is 1. The molecule has 0 spiro atoms. The summed E-state index contributed by atoms with van der Waals surface area (Å²) in [6.07, 6.45) is 1.03. The molecule has 0 radical (unpaired) electrons. The maximum Gasteiger partial charge on any atom is 0.267 e. The van der Waals surface area contributed by atoms with Crippen molar-refractivity contribution in [2.75, 3.05) is 51.7 Å². The van der Waals surface area contributed by atoms with Crippen LogP contribution in [0, 0.1) is 0 Å². The molecule has 1 atom stereocenters. The number of piperazine rings is 1. The number of aromatic nitrogens is 1. The highest BCUT2D eigenvalue weighted by molar-refractivity contribution is 5.91. The van der Waals surface area contributed by atoms with E-state index < -0.39 is 5.91 Å². The van der Waals surface area contributed by atoms with E-state index in [1.807, 2.05) is 6.07 Å². The third kappa shape index (κ3) is 3.48. The van der Waals surface area contributed by atoms with Crippen LogP contribution in [0.4, 0.5) is 5.69 Å². The van der Waals surface area contributed by atoms with Gasteiger partial charge < -0.3 is 25.6 Å². The van der Waals surface area contributed by atoms with Gasteiger partial charge in [-0.15, -0.1) is 0 Å². The molecule has 1 aromatic heterocycles. The zero-order valence-corrected chi connectivity index (χ0v) is 12.9. The lowest BCUT2D eigenvalue weighted by Gasteiger charge is -2.34. The van der Waals surface area contributed by atoms with E-state index in [9.17, 15) is 4.79 Å². The number of rotatable bonds is 4. The Hall–Kier alpha value is -1.86. The summed E-state index contributed by atoms with van der Waals surface area (Å²) in [5.41, 5.74) is 6.29. The smallest absolute Gasteiger partial charge is 0.267 e. The lowest BCUT2D eigenvalue weighted by Crippen LogP contribution is -2.46. The molecule has 3 rings (SSSR count). The Morgan fingerprint density at radius 2 is 2.18 bits per heavy atom. The van der Waals surface area contributed by atoms with E-state index in [0.29, 0.717) is 12.5 Å². The van der Waals surface area contributed by atoms with Crippen molar-refractivity contribution >= 4 is 11.6 Å². The van der Waals surface area contributed by atoms with Crippen molar-refractivity contribution in [3.63, 3.8) is 0 Å². The predicted molar refractivity (Wildman–Crippen MR) is 84.2 cm³/mol. The second kappa shape index (κ2) is 6.50. The number of carbonyl (C=O) groups excluding carboxylic acids is 1. The minimum absolute atomic E-state index is 0.233. The number of fused-ring (bicyclic) bond motifs is 1. The van der Waals surface area contributed by atoms with E-state index >= 15 is 0 Å². The first kappa shape index (κ1) is 15.1. The SMILES string of the molecule is CN1CCN(CCC2COc3nc(C(N)=O)ccc3N2)CC1. The number of amides is 1. The average Bonchev–Trinajstić information content (AvgIpc) is 2.53. The summed E-state index contributed by atoms with van der Waals surface area (Å²) < 4.78 is 5.68. The molecule has 1 amide bonds. The maximum absolute atomic E-state index is 11.1. The largest absolute Gasteiger partial charge is 0.474 e. The lowest BCUT2D eigenvalue weighted by atomic mass is 10.1. The van der Waals surface area contributed by atoms with Crippen molar-refractivity contribution in [2.24, 2.45) is 5.73 Å². The highest BCUT2D eigenvalue weighted by atomic mass is 16.5. The molecule has 0 aromatic carbocycles. The Morgan fingerprint density at radius 1 is 1.41 bits per heavy atom. The minimum atomic E-state index is -0.538. The zero-order valence-electron chi connectivity index (χ0n) is 12.9. The van der Waals surface area contributed by atoms with Crippen LogP contribution < -0.4 is 15.8 Å². The Labute approximate surface area is 130 Å². The van der Waals surface area contributed by atoms with Gasteiger partial charge in [-0.1, -0.05) is 0 Å².